The lowest BCUT2D eigenvalue weighted by molar-refractivity contribution is -0.141. The zero-order valence-corrected chi connectivity index (χ0v) is 8.53. The molecule has 0 fully saturated rings. The fourth-order valence-corrected chi connectivity index (χ4v) is 2.30. The predicted molar refractivity (Wildman–Crippen MR) is 54.3 cm³/mol. The van der Waals surface area contributed by atoms with E-state index in [-0.39, 0.29) is 11.7 Å². The standard InChI is InChI=1S/C12H13FO2/c1-7(12(14)15)10-5-3-8-2-4-9(13)6-11(8)10/h2,4,6-7,10H,3,5H2,1H3,(H,14,15). The average molecular weight is 208 g/mol. The van der Waals surface area contributed by atoms with Crippen molar-refractivity contribution < 1.29 is 14.3 Å². The van der Waals surface area contributed by atoms with Crippen LogP contribution in [0.4, 0.5) is 4.39 Å². The molecule has 0 aromatic heterocycles. The number of hydrogen-bond acceptors (Lipinski definition) is 1. The molecule has 1 N–H and O–H groups in total. The highest BCUT2D eigenvalue weighted by molar-refractivity contribution is 5.71. The summed E-state index contributed by atoms with van der Waals surface area (Å²) in [6, 6.07) is 4.68. The first-order valence-electron chi connectivity index (χ1n) is 5.10. The van der Waals surface area contributed by atoms with Gasteiger partial charge < -0.3 is 5.11 Å². The van der Waals surface area contributed by atoms with Gasteiger partial charge in [0.15, 0.2) is 0 Å². The fraction of sp³-hybridized carbons (Fsp3) is 0.417. The SMILES string of the molecule is CC(C(=O)O)C1CCc2ccc(F)cc21. The second-order valence-electron chi connectivity index (χ2n) is 4.12. The van der Waals surface area contributed by atoms with Crippen molar-refractivity contribution in [2.75, 3.05) is 0 Å². The maximum Gasteiger partial charge on any atom is 0.306 e. The molecule has 0 saturated carbocycles. The van der Waals surface area contributed by atoms with Crippen molar-refractivity contribution in [1.82, 2.24) is 0 Å². The summed E-state index contributed by atoms with van der Waals surface area (Å²) in [4.78, 5) is 10.9. The van der Waals surface area contributed by atoms with Gasteiger partial charge in [0.2, 0.25) is 0 Å². The molecule has 0 saturated heterocycles. The Morgan fingerprint density at radius 1 is 1.60 bits per heavy atom. The predicted octanol–water partition coefficient (Wildman–Crippen LogP) is 2.58. The molecule has 1 aliphatic carbocycles. The smallest absolute Gasteiger partial charge is 0.306 e. The van der Waals surface area contributed by atoms with E-state index in [1.807, 2.05) is 0 Å². The van der Waals surface area contributed by atoms with E-state index in [0.29, 0.717) is 0 Å². The summed E-state index contributed by atoms with van der Waals surface area (Å²) in [6.45, 7) is 1.69. The minimum absolute atomic E-state index is 0.0341. The van der Waals surface area contributed by atoms with Crippen LogP contribution in [0.2, 0.25) is 0 Å². The Bertz CT molecular complexity index is 401. The van der Waals surface area contributed by atoms with Crippen molar-refractivity contribution in [2.24, 2.45) is 5.92 Å². The number of carboxylic acids is 1. The Morgan fingerprint density at radius 3 is 3.00 bits per heavy atom. The largest absolute Gasteiger partial charge is 0.481 e. The van der Waals surface area contributed by atoms with Gasteiger partial charge in [0, 0.05) is 0 Å². The summed E-state index contributed by atoms with van der Waals surface area (Å²) in [6.07, 6.45) is 1.67. The third-order valence-corrected chi connectivity index (χ3v) is 3.23. The Kier molecular flexibility index (Phi) is 2.47. The van der Waals surface area contributed by atoms with Gasteiger partial charge in [-0.05, 0) is 42.0 Å². The molecule has 0 amide bonds. The lowest BCUT2D eigenvalue weighted by atomic mass is 9.89. The van der Waals surface area contributed by atoms with Gasteiger partial charge in [-0.3, -0.25) is 4.79 Å². The van der Waals surface area contributed by atoms with Gasteiger partial charge in [0.1, 0.15) is 5.82 Å². The second-order valence-corrected chi connectivity index (χ2v) is 4.12. The third-order valence-electron chi connectivity index (χ3n) is 3.23. The van der Waals surface area contributed by atoms with Crippen LogP contribution in [0.5, 0.6) is 0 Å². The summed E-state index contributed by atoms with van der Waals surface area (Å²) in [5.41, 5.74) is 1.97. The molecule has 1 aromatic carbocycles. The van der Waals surface area contributed by atoms with Gasteiger partial charge in [-0.2, -0.15) is 0 Å². The molecule has 0 heterocycles. The van der Waals surface area contributed by atoms with E-state index in [1.54, 1.807) is 13.0 Å². The van der Waals surface area contributed by atoms with Crippen LogP contribution in [-0.2, 0) is 11.2 Å². The molecule has 2 rings (SSSR count). The second kappa shape index (κ2) is 3.65. The van der Waals surface area contributed by atoms with E-state index < -0.39 is 11.9 Å². The fourth-order valence-electron chi connectivity index (χ4n) is 2.30. The van der Waals surface area contributed by atoms with Crippen LogP contribution in [-0.4, -0.2) is 11.1 Å². The number of halogens is 1. The van der Waals surface area contributed by atoms with Crippen LogP contribution in [0.15, 0.2) is 18.2 Å². The van der Waals surface area contributed by atoms with Gasteiger partial charge in [-0.25, -0.2) is 4.39 Å². The number of fused-ring (bicyclic) bond motifs is 1. The third kappa shape index (κ3) is 1.74. The lowest BCUT2D eigenvalue weighted by Crippen LogP contribution is -2.17. The molecule has 1 aliphatic rings. The molecule has 80 valence electrons. The van der Waals surface area contributed by atoms with Gasteiger partial charge in [0.05, 0.1) is 5.92 Å². The van der Waals surface area contributed by atoms with Crippen LogP contribution in [0, 0.1) is 11.7 Å². The molecule has 0 spiro atoms. The monoisotopic (exact) mass is 208 g/mol. The number of aryl methyl sites for hydroxylation is 1. The maximum absolute atomic E-state index is 13.1. The molecule has 2 atom stereocenters. The topological polar surface area (TPSA) is 37.3 Å². The number of aliphatic carboxylic acids is 1. The summed E-state index contributed by atoms with van der Waals surface area (Å²) >= 11 is 0. The average Bonchev–Trinajstić information content (AvgIpc) is 2.59. The molecule has 15 heavy (non-hydrogen) atoms. The van der Waals surface area contributed by atoms with Crippen molar-refractivity contribution in [1.29, 1.82) is 0 Å². The highest BCUT2D eigenvalue weighted by atomic mass is 19.1. The molecule has 0 aliphatic heterocycles. The number of carbonyl (C=O) groups is 1. The van der Waals surface area contributed by atoms with Crippen molar-refractivity contribution in [3.8, 4) is 0 Å². The van der Waals surface area contributed by atoms with Crippen molar-refractivity contribution in [2.45, 2.75) is 25.7 Å². The number of benzene rings is 1. The molecule has 1 aromatic rings. The van der Waals surface area contributed by atoms with Gasteiger partial charge in [0.25, 0.3) is 0 Å². The molecule has 2 unspecified atom stereocenters. The van der Waals surface area contributed by atoms with Crippen molar-refractivity contribution >= 4 is 5.97 Å². The number of rotatable bonds is 2. The highest BCUT2D eigenvalue weighted by Crippen LogP contribution is 2.38. The number of hydrogen-bond donors (Lipinski definition) is 1. The Morgan fingerprint density at radius 2 is 2.33 bits per heavy atom. The maximum atomic E-state index is 13.1. The highest BCUT2D eigenvalue weighted by Gasteiger charge is 2.31. The Balaban J connectivity index is 2.35. The first-order valence-corrected chi connectivity index (χ1v) is 5.10. The van der Waals surface area contributed by atoms with Gasteiger partial charge in [-0.1, -0.05) is 13.0 Å². The van der Waals surface area contributed by atoms with Crippen LogP contribution < -0.4 is 0 Å². The van der Waals surface area contributed by atoms with Crippen LogP contribution in [0.3, 0.4) is 0 Å². The molecule has 2 nitrogen and oxygen atoms in total. The minimum Gasteiger partial charge on any atom is -0.481 e. The van der Waals surface area contributed by atoms with E-state index >= 15 is 0 Å². The van der Waals surface area contributed by atoms with Crippen molar-refractivity contribution in [3.05, 3.63) is 35.1 Å². The van der Waals surface area contributed by atoms with E-state index in [2.05, 4.69) is 0 Å². The number of carboxylic acid groups (broad SMARTS) is 1. The quantitative estimate of drug-likeness (QED) is 0.811. The van der Waals surface area contributed by atoms with Crippen LogP contribution in [0.1, 0.15) is 30.4 Å². The Hall–Kier alpha value is -1.38. The molecule has 0 bridgehead atoms. The van der Waals surface area contributed by atoms with Gasteiger partial charge in [-0.15, -0.1) is 0 Å². The summed E-state index contributed by atoms with van der Waals surface area (Å²) in [7, 11) is 0. The van der Waals surface area contributed by atoms with Crippen LogP contribution >= 0.6 is 0 Å². The normalized spacial score (nSPS) is 21.1. The zero-order valence-electron chi connectivity index (χ0n) is 8.53. The minimum atomic E-state index is -0.808. The molecule has 3 heteroatoms. The van der Waals surface area contributed by atoms with Gasteiger partial charge >= 0.3 is 5.97 Å². The van der Waals surface area contributed by atoms with Crippen LogP contribution in [0.25, 0.3) is 0 Å². The Labute approximate surface area is 87.7 Å². The zero-order chi connectivity index (χ0) is 11.0. The summed E-state index contributed by atoms with van der Waals surface area (Å²) in [5.74, 6) is -1.56. The van der Waals surface area contributed by atoms with E-state index in [1.165, 1.54) is 12.1 Å². The first kappa shape index (κ1) is 10.1. The van der Waals surface area contributed by atoms with E-state index in [0.717, 1.165) is 24.0 Å². The summed E-state index contributed by atoms with van der Waals surface area (Å²) < 4.78 is 13.1. The molecular weight excluding hydrogens is 195 g/mol. The lowest BCUT2D eigenvalue weighted by Gasteiger charge is -2.15. The molecular formula is C12H13FO2. The first-order chi connectivity index (χ1) is 7.09. The van der Waals surface area contributed by atoms with E-state index in [4.69, 9.17) is 5.11 Å². The van der Waals surface area contributed by atoms with E-state index in [9.17, 15) is 9.18 Å². The molecule has 0 radical (unpaired) electrons. The summed E-state index contributed by atoms with van der Waals surface area (Å²) in [5, 5.41) is 8.94. The van der Waals surface area contributed by atoms with Crippen molar-refractivity contribution in [3.63, 3.8) is 0 Å².